The van der Waals surface area contributed by atoms with Gasteiger partial charge in [0.1, 0.15) is 11.6 Å². The summed E-state index contributed by atoms with van der Waals surface area (Å²) in [6.45, 7) is 4.75. The predicted molar refractivity (Wildman–Crippen MR) is 67.7 cm³/mol. The fourth-order valence-electron chi connectivity index (χ4n) is 1.32. The van der Waals surface area contributed by atoms with Crippen LogP contribution in [-0.2, 0) is 6.54 Å². The first-order valence-electron chi connectivity index (χ1n) is 5.47. The highest BCUT2D eigenvalue weighted by atomic mass is 32.1. The molecule has 3 nitrogen and oxygen atoms in total. The number of nitrogens with zero attached hydrogens (tertiary/aromatic N) is 2. The molecular weight excluding hydrogens is 237 g/mol. The van der Waals surface area contributed by atoms with E-state index in [9.17, 15) is 4.39 Å². The van der Waals surface area contributed by atoms with E-state index < -0.39 is 0 Å². The highest BCUT2D eigenvalue weighted by Crippen LogP contribution is 2.17. The molecule has 1 aromatic carbocycles. The maximum Gasteiger partial charge on any atom is 0.202 e. The minimum atomic E-state index is -0.216. The van der Waals surface area contributed by atoms with Gasteiger partial charge in [-0.15, -0.1) is 0 Å². The van der Waals surface area contributed by atoms with Gasteiger partial charge in [0, 0.05) is 24.0 Å². The molecule has 0 atom stereocenters. The molecule has 0 aliphatic carbocycles. The topological polar surface area (TPSA) is 37.8 Å². The lowest BCUT2D eigenvalue weighted by molar-refractivity contribution is 0.627. The van der Waals surface area contributed by atoms with Crippen LogP contribution in [0.15, 0.2) is 24.3 Å². The highest BCUT2D eigenvalue weighted by molar-refractivity contribution is 7.09. The summed E-state index contributed by atoms with van der Waals surface area (Å²) in [5.74, 6) is 0.982. The molecule has 2 rings (SSSR count). The van der Waals surface area contributed by atoms with E-state index in [1.807, 2.05) is 0 Å². The standard InChI is InChI=1S/C12H14FN3S/c1-8(2)11-15-12(17-16-11)14-7-9-3-5-10(13)6-4-9/h3-6,8H,7H2,1-2H3,(H,14,15,16). The average molecular weight is 251 g/mol. The van der Waals surface area contributed by atoms with E-state index >= 15 is 0 Å². The predicted octanol–water partition coefficient (Wildman–Crippen LogP) is 3.41. The molecule has 1 heterocycles. The molecule has 0 radical (unpaired) electrons. The molecule has 90 valence electrons. The first-order chi connectivity index (χ1) is 8.15. The van der Waals surface area contributed by atoms with Crippen molar-refractivity contribution < 1.29 is 4.39 Å². The van der Waals surface area contributed by atoms with E-state index in [1.165, 1.54) is 23.7 Å². The summed E-state index contributed by atoms with van der Waals surface area (Å²) in [7, 11) is 0. The van der Waals surface area contributed by atoms with Gasteiger partial charge < -0.3 is 5.32 Å². The van der Waals surface area contributed by atoms with Gasteiger partial charge in [-0.05, 0) is 17.7 Å². The lowest BCUT2D eigenvalue weighted by Crippen LogP contribution is -1.99. The van der Waals surface area contributed by atoms with Crippen LogP contribution in [0, 0.1) is 5.82 Å². The molecule has 1 aromatic heterocycles. The molecule has 5 heteroatoms. The van der Waals surface area contributed by atoms with Crippen molar-refractivity contribution in [2.45, 2.75) is 26.3 Å². The Hall–Kier alpha value is -1.49. The van der Waals surface area contributed by atoms with Crippen LogP contribution in [0.1, 0.15) is 31.2 Å². The average Bonchev–Trinajstić information content (AvgIpc) is 2.77. The van der Waals surface area contributed by atoms with Crippen LogP contribution < -0.4 is 5.32 Å². The van der Waals surface area contributed by atoms with E-state index in [4.69, 9.17) is 0 Å². The Balaban J connectivity index is 1.95. The zero-order valence-electron chi connectivity index (χ0n) is 9.77. The second kappa shape index (κ2) is 5.23. The van der Waals surface area contributed by atoms with E-state index in [0.29, 0.717) is 12.5 Å². The minimum absolute atomic E-state index is 0.216. The van der Waals surface area contributed by atoms with Crippen molar-refractivity contribution >= 4 is 16.7 Å². The normalized spacial score (nSPS) is 10.8. The van der Waals surface area contributed by atoms with Crippen molar-refractivity contribution in [2.75, 3.05) is 5.32 Å². The molecule has 0 bridgehead atoms. The van der Waals surface area contributed by atoms with Crippen molar-refractivity contribution in [3.63, 3.8) is 0 Å². The Morgan fingerprint density at radius 2 is 2.00 bits per heavy atom. The Bertz CT molecular complexity index is 479. The summed E-state index contributed by atoms with van der Waals surface area (Å²) in [6, 6.07) is 6.42. The molecule has 1 N–H and O–H groups in total. The van der Waals surface area contributed by atoms with Gasteiger partial charge in [-0.2, -0.15) is 4.37 Å². The first kappa shape index (κ1) is 12.0. The molecule has 0 fully saturated rings. The number of halogens is 1. The summed E-state index contributed by atoms with van der Waals surface area (Å²) < 4.78 is 17.0. The van der Waals surface area contributed by atoms with Crippen molar-refractivity contribution in [3.05, 3.63) is 41.5 Å². The fraction of sp³-hybridized carbons (Fsp3) is 0.333. The number of aromatic nitrogens is 2. The Labute approximate surface area is 104 Å². The summed E-state index contributed by atoms with van der Waals surface area (Å²) >= 11 is 1.35. The van der Waals surface area contributed by atoms with Crippen LogP contribution in [0.2, 0.25) is 0 Å². The van der Waals surface area contributed by atoms with Gasteiger partial charge in [0.2, 0.25) is 5.13 Å². The molecular formula is C12H14FN3S. The quantitative estimate of drug-likeness (QED) is 0.904. The third kappa shape index (κ3) is 3.23. The molecule has 0 unspecified atom stereocenters. The number of hydrogen-bond donors (Lipinski definition) is 1. The van der Waals surface area contributed by atoms with Gasteiger partial charge in [0.25, 0.3) is 0 Å². The smallest absolute Gasteiger partial charge is 0.202 e. The number of nitrogens with one attached hydrogen (secondary N) is 1. The van der Waals surface area contributed by atoms with E-state index in [0.717, 1.165) is 16.5 Å². The Morgan fingerprint density at radius 1 is 1.29 bits per heavy atom. The number of hydrogen-bond acceptors (Lipinski definition) is 4. The maximum absolute atomic E-state index is 12.7. The summed E-state index contributed by atoms with van der Waals surface area (Å²) in [6.07, 6.45) is 0. The van der Waals surface area contributed by atoms with E-state index in [-0.39, 0.29) is 5.82 Å². The van der Waals surface area contributed by atoms with Gasteiger partial charge in [0.05, 0.1) is 0 Å². The van der Waals surface area contributed by atoms with Crippen LogP contribution in [0.25, 0.3) is 0 Å². The molecule has 0 saturated heterocycles. The zero-order chi connectivity index (χ0) is 12.3. The molecule has 0 aliphatic rings. The molecule has 2 aromatic rings. The second-order valence-corrected chi connectivity index (χ2v) is 4.84. The lowest BCUT2D eigenvalue weighted by atomic mass is 10.2. The van der Waals surface area contributed by atoms with Crippen molar-refractivity contribution in [3.8, 4) is 0 Å². The van der Waals surface area contributed by atoms with Crippen LogP contribution in [0.3, 0.4) is 0 Å². The largest absolute Gasteiger partial charge is 0.356 e. The van der Waals surface area contributed by atoms with Crippen molar-refractivity contribution in [1.82, 2.24) is 9.36 Å². The van der Waals surface area contributed by atoms with Gasteiger partial charge in [-0.1, -0.05) is 26.0 Å². The number of rotatable bonds is 4. The van der Waals surface area contributed by atoms with Gasteiger partial charge >= 0.3 is 0 Å². The van der Waals surface area contributed by atoms with Crippen LogP contribution in [0.5, 0.6) is 0 Å². The number of benzene rings is 1. The maximum atomic E-state index is 12.7. The van der Waals surface area contributed by atoms with Gasteiger partial charge in [0.15, 0.2) is 0 Å². The summed E-state index contributed by atoms with van der Waals surface area (Å²) in [5, 5.41) is 3.98. The highest BCUT2D eigenvalue weighted by Gasteiger charge is 2.06. The molecule has 0 aliphatic heterocycles. The summed E-state index contributed by atoms with van der Waals surface area (Å²) in [5.41, 5.74) is 1.02. The molecule has 0 spiro atoms. The molecule has 17 heavy (non-hydrogen) atoms. The minimum Gasteiger partial charge on any atom is -0.356 e. The second-order valence-electron chi connectivity index (χ2n) is 4.09. The SMILES string of the molecule is CC(C)c1nsc(NCc2ccc(F)cc2)n1. The third-order valence-electron chi connectivity index (χ3n) is 2.32. The monoisotopic (exact) mass is 251 g/mol. The lowest BCUT2D eigenvalue weighted by Gasteiger charge is -2.02. The Kier molecular flexibility index (Phi) is 3.68. The van der Waals surface area contributed by atoms with E-state index in [2.05, 4.69) is 28.5 Å². The summed E-state index contributed by atoms with van der Waals surface area (Å²) in [4.78, 5) is 4.36. The molecule has 0 saturated carbocycles. The zero-order valence-corrected chi connectivity index (χ0v) is 10.6. The van der Waals surface area contributed by atoms with Gasteiger partial charge in [-0.3, -0.25) is 0 Å². The van der Waals surface area contributed by atoms with Crippen molar-refractivity contribution in [2.24, 2.45) is 0 Å². The van der Waals surface area contributed by atoms with Crippen LogP contribution in [0.4, 0.5) is 9.52 Å². The fourth-order valence-corrected chi connectivity index (χ4v) is 2.02. The van der Waals surface area contributed by atoms with Crippen LogP contribution in [-0.4, -0.2) is 9.36 Å². The molecule has 0 amide bonds. The van der Waals surface area contributed by atoms with Crippen LogP contribution >= 0.6 is 11.5 Å². The number of anilines is 1. The first-order valence-corrected chi connectivity index (χ1v) is 6.24. The Morgan fingerprint density at radius 3 is 2.59 bits per heavy atom. The van der Waals surface area contributed by atoms with Crippen molar-refractivity contribution in [1.29, 1.82) is 0 Å². The van der Waals surface area contributed by atoms with Gasteiger partial charge in [-0.25, -0.2) is 9.37 Å². The third-order valence-corrected chi connectivity index (χ3v) is 3.00. The van der Waals surface area contributed by atoms with E-state index in [1.54, 1.807) is 12.1 Å².